The Hall–Kier alpha value is -4.36. The Kier molecular flexibility index (Phi) is 13.6. The predicted octanol–water partition coefficient (Wildman–Crippen LogP) is 13.8. The van der Waals surface area contributed by atoms with Gasteiger partial charge in [0, 0.05) is 36.9 Å². The summed E-state index contributed by atoms with van der Waals surface area (Å²) in [7, 11) is 0. The summed E-state index contributed by atoms with van der Waals surface area (Å²) in [5, 5.41) is 2.18. The molecular weight excluding hydrogens is 961 g/mol. The van der Waals surface area contributed by atoms with Crippen LogP contribution in [0.5, 0.6) is 0 Å². The summed E-state index contributed by atoms with van der Waals surface area (Å²) < 4.78 is 10.4. The van der Waals surface area contributed by atoms with Gasteiger partial charge in [-0.2, -0.15) is 0 Å². The average Bonchev–Trinajstić information content (AvgIpc) is 3.76. The number of pyridine rings is 2. The van der Waals surface area contributed by atoms with Gasteiger partial charge in [-0.3, -0.25) is 9.97 Å². The summed E-state index contributed by atoms with van der Waals surface area (Å²) in [5.74, 6) is 9.81. The van der Waals surface area contributed by atoms with Crippen LogP contribution in [-0.2, 0) is 26.5 Å². The molecule has 0 spiro atoms. The second-order valence-corrected chi connectivity index (χ2v) is 28.7. The number of aromatic nitrogens is 4. The maximum absolute atomic E-state index is 6.46. The zero-order valence-corrected chi connectivity index (χ0v) is 41.3. The molecule has 0 aliphatic rings. The van der Waals surface area contributed by atoms with E-state index in [0.29, 0.717) is 23.7 Å². The van der Waals surface area contributed by atoms with Crippen molar-refractivity contribution in [1.29, 1.82) is 0 Å². The fourth-order valence-electron chi connectivity index (χ4n) is 8.02. The van der Waals surface area contributed by atoms with Crippen LogP contribution in [0.1, 0.15) is 101 Å². The van der Waals surface area contributed by atoms with Gasteiger partial charge in [0.05, 0.1) is 28.6 Å². The average molecular weight is 1020 g/mol. The first-order chi connectivity index (χ1) is 27.6. The van der Waals surface area contributed by atoms with E-state index in [4.69, 9.17) is 19.4 Å². The topological polar surface area (TPSA) is 56.7 Å². The maximum atomic E-state index is 6.46. The standard InChI is InChI=1S/C34H34N3O.C18H24GeN.Ir/c1-19(2)26-15-22(7)16-27(20(3)4)32(26)37-30-17-28(21(5)6)35-18-29(30)36-34(37)25-13-10-12-24-23-11-8-9-14-31(23)38-33(24)25;1-14(2)11-16-12-18(15-9-7-6-8-10-15)20-13-17(16)19(3,4)5;/h8-12,14-21H,1-7H3;6-9,12-14H,11H2,1-5H3;/q2*-1;. The summed E-state index contributed by atoms with van der Waals surface area (Å²) in [5.41, 5.74) is 14.3. The number of nitrogens with zero attached hydrogens (tertiary/aromatic N) is 4. The fourth-order valence-corrected chi connectivity index (χ4v) is 11.4. The van der Waals surface area contributed by atoms with E-state index in [0.717, 1.165) is 67.7 Å². The Morgan fingerprint density at radius 3 is 2.05 bits per heavy atom. The molecule has 0 aliphatic heterocycles. The number of furan rings is 1. The summed E-state index contributed by atoms with van der Waals surface area (Å²) in [6.45, 7) is 20.2. The van der Waals surface area contributed by atoms with Gasteiger partial charge in [-0.05, 0) is 47.9 Å². The third-order valence-corrected chi connectivity index (χ3v) is 15.2. The summed E-state index contributed by atoms with van der Waals surface area (Å²) in [4.78, 5) is 14.7. The van der Waals surface area contributed by atoms with Crippen LogP contribution in [0.4, 0.5) is 0 Å². The molecule has 59 heavy (non-hydrogen) atoms. The van der Waals surface area contributed by atoms with Gasteiger partial charge in [-0.25, -0.2) is 0 Å². The molecule has 0 bridgehead atoms. The van der Waals surface area contributed by atoms with Gasteiger partial charge in [0.1, 0.15) is 5.58 Å². The van der Waals surface area contributed by atoms with Crippen molar-refractivity contribution in [2.45, 2.75) is 104 Å². The predicted molar refractivity (Wildman–Crippen MR) is 247 cm³/mol. The summed E-state index contributed by atoms with van der Waals surface area (Å²) in [6, 6.07) is 36.3. The third kappa shape index (κ3) is 9.21. The quantitative estimate of drug-likeness (QED) is 0.107. The van der Waals surface area contributed by atoms with Gasteiger partial charge in [0.15, 0.2) is 0 Å². The monoisotopic (exact) mass is 1020 g/mol. The molecule has 307 valence electrons. The van der Waals surface area contributed by atoms with Gasteiger partial charge in [-0.1, -0.05) is 88.4 Å². The van der Waals surface area contributed by atoms with E-state index in [-0.39, 0.29) is 20.1 Å². The first kappa shape index (κ1) is 44.2. The van der Waals surface area contributed by atoms with E-state index in [1.807, 2.05) is 42.6 Å². The largest absolute Gasteiger partial charge is 0.501 e. The van der Waals surface area contributed by atoms with Crippen LogP contribution in [-0.4, -0.2) is 32.8 Å². The van der Waals surface area contributed by atoms with Crippen LogP contribution in [0.15, 0.2) is 102 Å². The second-order valence-electron chi connectivity index (χ2n) is 18.2. The van der Waals surface area contributed by atoms with E-state index in [9.17, 15) is 0 Å². The van der Waals surface area contributed by atoms with Crippen LogP contribution >= 0.6 is 0 Å². The van der Waals surface area contributed by atoms with Crippen molar-refractivity contribution in [3.63, 3.8) is 0 Å². The SMILES string of the molecule is CC(C)Cc1cc(-c2[c-]cccc2)nc[c]1[Ge]([CH3])([CH3])[CH3].Cc1cc(C(C)C)c(-n2c(-c3[c-]ccc4c3oc3ccccc34)nc3cnc(C(C)C)cc32)c(C(C)C)c1.[Ir]. The van der Waals surface area contributed by atoms with Crippen molar-refractivity contribution in [1.82, 2.24) is 19.5 Å². The Morgan fingerprint density at radius 1 is 0.729 bits per heavy atom. The van der Waals surface area contributed by atoms with Crippen LogP contribution in [0, 0.1) is 25.0 Å². The third-order valence-electron chi connectivity index (χ3n) is 10.9. The molecule has 0 atom stereocenters. The Balaban J connectivity index is 0.000000236. The number of benzene rings is 4. The molecule has 0 amide bonds. The summed E-state index contributed by atoms with van der Waals surface area (Å²) in [6.07, 6.45) is 5.19. The first-order valence-corrected chi connectivity index (χ1v) is 28.3. The fraction of sp³-hybridized carbons (Fsp3) is 0.327. The molecule has 4 heterocycles. The van der Waals surface area contributed by atoms with Crippen molar-refractivity contribution in [3.05, 3.63) is 137 Å². The molecule has 0 N–H and O–H groups in total. The first-order valence-electron chi connectivity index (χ1n) is 20.9. The van der Waals surface area contributed by atoms with Gasteiger partial charge in [-0.15, -0.1) is 18.2 Å². The molecule has 4 aromatic carbocycles. The van der Waals surface area contributed by atoms with Crippen molar-refractivity contribution >= 4 is 50.6 Å². The van der Waals surface area contributed by atoms with Gasteiger partial charge < -0.3 is 8.98 Å². The number of para-hydroxylation sites is 1. The minimum absolute atomic E-state index is 0. The zero-order valence-electron chi connectivity index (χ0n) is 36.8. The van der Waals surface area contributed by atoms with Crippen LogP contribution in [0.25, 0.3) is 61.3 Å². The van der Waals surface area contributed by atoms with E-state index < -0.39 is 13.3 Å². The molecule has 8 aromatic rings. The van der Waals surface area contributed by atoms with Crippen LogP contribution in [0.2, 0.25) is 17.3 Å². The number of aryl methyl sites for hydroxylation is 1. The van der Waals surface area contributed by atoms with Crippen LogP contribution in [0.3, 0.4) is 0 Å². The van der Waals surface area contributed by atoms with Crippen molar-refractivity contribution in [2.24, 2.45) is 5.92 Å². The second kappa shape index (κ2) is 18.1. The van der Waals surface area contributed by atoms with E-state index >= 15 is 0 Å². The van der Waals surface area contributed by atoms with E-state index in [1.54, 1.807) is 4.40 Å². The normalized spacial score (nSPS) is 11.9. The zero-order chi connectivity index (χ0) is 41.5. The van der Waals surface area contributed by atoms with Gasteiger partial charge in [0.2, 0.25) is 0 Å². The van der Waals surface area contributed by atoms with Crippen molar-refractivity contribution in [3.8, 4) is 28.3 Å². The molecular formula is C52H58GeIrN4O-2. The maximum Gasteiger partial charge on any atom is 0.120 e. The number of fused-ring (bicyclic) bond motifs is 4. The number of rotatable bonds is 9. The van der Waals surface area contributed by atoms with Gasteiger partial charge in [0.25, 0.3) is 0 Å². The molecule has 7 heteroatoms. The molecule has 0 saturated heterocycles. The van der Waals surface area contributed by atoms with E-state index in [1.165, 1.54) is 27.9 Å². The molecule has 0 unspecified atom stereocenters. The smallest absolute Gasteiger partial charge is 0.120 e. The number of hydrogen-bond acceptors (Lipinski definition) is 4. The van der Waals surface area contributed by atoms with E-state index in [2.05, 4.69) is 151 Å². The molecule has 8 rings (SSSR count). The molecule has 0 saturated carbocycles. The van der Waals surface area contributed by atoms with Gasteiger partial charge >= 0.3 is 126 Å². The Morgan fingerprint density at radius 2 is 1.42 bits per heavy atom. The Labute approximate surface area is 367 Å². The van der Waals surface area contributed by atoms with Crippen molar-refractivity contribution in [2.75, 3.05) is 0 Å². The molecule has 0 fully saturated rings. The summed E-state index contributed by atoms with van der Waals surface area (Å²) >= 11 is -1.86. The molecule has 4 aromatic heterocycles. The number of imidazole rings is 1. The van der Waals surface area contributed by atoms with Crippen LogP contribution < -0.4 is 4.40 Å². The Bertz CT molecular complexity index is 2690. The molecule has 1 radical (unpaired) electrons. The molecule has 0 aliphatic carbocycles. The van der Waals surface area contributed by atoms with Crippen molar-refractivity contribution < 1.29 is 24.5 Å². The number of hydrogen-bond donors (Lipinski definition) is 0. The molecule has 5 nitrogen and oxygen atoms in total. The minimum atomic E-state index is -1.86. The minimum Gasteiger partial charge on any atom is -0.501 e.